The van der Waals surface area contributed by atoms with E-state index in [2.05, 4.69) is 10.9 Å². The fourth-order valence-electron chi connectivity index (χ4n) is 2.23. The van der Waals surface area contributed by atoms with Crippen molar-refractivity contribution >= 4 is 12.2 Å². The summed E-state index contributed by atoms with van der Waals surface area (Å²) in [5.74, 6) is -0.296. The molecule has 0 radical (unpaired) electrons. The molecule has 1 heterocycles. The number of nitrogens with zero attached hydrogens (tertiary/aromatic N) is 1. The zero-order chi connectivity index (χ0) is 13.3. The van der Waals surface area contributed by atoms with Crippen LogP contribution >= 0.6 is 0 Å². The van der Waals surface area contributed by atoms with Crippen LogP contribution in [0.15, 0.2) is 24.3 Å². The number of amides is 1. The topological polar surface area (TPSA) is 81.7 Å². The summed E-state index contributed by atoms with van der Waals surface area (Å²) in [4.78, 5) is 23.0. The molecule has 6 nitrogen and oxygen atoms in total. The minimum atomic E-state index is -1.20. The van der Waals surface area contributed by atoms with E-state index in [9.17, 15) is 14.8 Å². The number of hydrazine groups is 1. The summed E-state index contributed by atoms with van der Waals surface area (Å²) < 4.78 is 0. The normalized spacial score (nSPS) is 27.6. The third-order valence-electron chi connectivity index (χ3n) is 3.32. The molecule has 0 bridgehead atoms. The standard InChI is InChI=1S/C12H15N3O3/c1-12(14-18)10(13-15(2)11(12)17)9-6-4-3-5-8(9)7-16/h3-7,10,13-14,18H,1-2H3. The summed E-state index contributed by atoms with van der Waals surface area (Å²) in [6, 6.07) is 6.44. The lowest BCUT2D eigenvalue weighted by Gasteiger charge is -2.26. The number of aldehydes is 1. The zero-order valence-corrected chi connectivity index (χ0v) is 10.2. The molecular formula is C12H15N3O3. The third kappa shape index (κ3) is 1.71. The summed E-state index contributed by atoms with van der Waals surface area (Å²) in [7, 11) is 1.57. The van der Waals surface area contributed by atoms with Crippen molar-refractivity contribution in [2.75, 3.05) is 7.05 Å². The summed E-state index contributed by atoms with van der Waals surface area (Å²) >= 11 is 0. The van der Waals surface area contributed by atoms with Crippen molar-refractivity contribution in [2.45, 2.75) is 18.5 Å². The van der Waals surface area contributed by atoms with Crippen molar-refractivity contribution in [1.29, 1.82) is 0 Å². The summed E-state index contributed by atoms with van der Waals surface area (Å²) in [5, 5.41) is 10.6. The highest BCUT2D eigenvalue weighted by atomic mass is 16.5. The first kappa shape index (κ1) is 12.7. The van der Waals surface area contributed by atoms with Gasteiger partial charge in [-0.2, -0.15) is 5.48 Å². The molecule has 1 aliphatic heterocycles. The predicted octanol–water partition coefficient (Wildman–Crippen LogP) is 0.254. The van der Waals surface area contributed by atoms with E-state index in [1.54, 1.807) is 38.2 Å². The highest BCUT2D eigenvalue weighted by molar-refractivity contribution is 5.89. The fourth-order valence-corrected chi connectivity index (χ4v) is 2.23. The van der Waals surface area contributed by atoms with Crippen LogP contribution in [0.25, 0.3) is 0 Å². The number of hydroxylamine groups is 1. The van der Waals surface area contributed by atoms with E-state index in [0.29, 0.717) is 11.1 Å². The lowest BCUT2D eigenvalue weighted by molar-refractivity contribution is -0.136. The van der Waals surface area contributed by atoms with Gasteiger partial charge in [0.1, 0.15) is 11.8 Å². The second-order valence-corrected chi connectivity index (χ2v) is 4.49. The van der Waals surface area contributed by atoms with Crippen molar-refractivity contribution < 1.29 is 14.8 Å². The first-order chi connectivity index (χ1) is 8.54. The van der Waals surface area contributed by atoms with Gasteiger partial charge >= 0.3 is 0 Å². The SMILES string of the molecule is CN1NC(c2ccccc2C=O)C(C)(NO)C1=O. The van der Waals surface area contributed by atoms with E-state index in [1.165, 1.54) is 5.01 Å². The van der Waals surface area contributed by atoms with Gasteiger partial charge in [0, 0.05) is 12.6 Å². The Kier molecular flexibility index (Phi) is 3.16. The van der Waals surface area contributed by atoms with Crippen LogP contribution in [0.5, 0.6) is 0 Å². The highest BCUT2D eigenvalue weighted by Crippen LogP contribution is 2.33. The van der Waals surface area contributed by atoms with E-state index in [-0.39, 0.29) is 5.91 Å². The Bertz CT molecular complexity index is 491. The molecule has 1 saturated heterocycles. The van der Waals surface area contributed by atoms with Crippen LogP contribution in [0.3, 0.4) is 0 Å². The van der Waals surface area contributed by atoms with Gasteiger partial charge in [0.2, 0.25) is 0 Å². The molecule has 1 amide bonds. The van der Waals surface area contributed by atoms with Crippen molar-refractivity contribution in [1.82, 2.24) is 15.9 Å². The average molecular weight is 249 g/mol. The Morgan fingerprint density at radius 3 is 2.78 bits per heavy atom. The van der Waals surface area contributed by atoms with E-state index in [1.807, 2.05) is 0 Å². The summed E-state index contributed by atoms with van der Waals surface area (Å²) in [5.41, 5.74) is 4.94. The number of rotatable bonds is 3. The molecule has 2 rings (SSSR count). The quantitative estimate of drug-likeness (QED) is 0.528. The first-order valence-electron chi connectivity index (χ1n) is 5.54. The zero-order valence-electron chi connectivity index (χ0n) is 10.2. The molecule has 96 valence electrons. The van der Waals surface area contributed by atoms with Gasteiger partial charge < -0.3 is 5.21 Å². The smallest absolute Gasteiger partial charge is 0.260 e. The van der Waals surface area contributed by atoms with Gasteiger partial charge in [0.15, 0.2) is 0 Å². The predicted molar refractivity (Wildman–Crippen MR) is 63.8 cm³/mol. The van der Waals surface area contributed by atoms with Crippen LogP contribution < -0.4 is 10.9 Å². The molecule has 18 heavy (non-hydrogen) atoms. The average Bonchev–Trinajstić information content (AvgIpc) is 2.63. The highest BCUT2D eigenvalue weighted by Gasteiger charge is 2.50. The van der Waals surface area contributed by atoms with Gasteiger partial charge in [-0.25, -0.2) is 5.43 Å². The Balaban J connectivity index is 2.50. The molecule has 3 N–H and O–H groups in total. The van der Waals surface area contributed by atoms with Crippen LogP contribution in [-0.4, -0.2) is 35.0 Å². The maximum absolute atomic E-state index is 12.0. The van der Waals surface area contributed by atoms with E-state index in [4.69, 9.17) is 0 Å². The number of hydrogen-bond acceptors (Lipinski definition) is 5. The Labute approximate surface area is 105 Å². The molecule has 1 aliphatic rings. The number of nitrogens with one attached hydrogen (secondary N) is 2. The molecule has 0 aliphatic carbocycles. The number of carbonyl (C=O) groups is 2. The fraction of sp³-hybridized carbons (Fsp3) is 0.333. The van der Waals surface area contributed by atoms with Gasteiger partial charge in [0.05, 0.1) is 6.04 Å². The Morgan fingerprint density at radius 2 is 2.17 bits per heavy atom. The lowest BCUT2D eigenvalue weighted by Crippen LogP contribution is -2.50. The van der Waals surface area contributed by atoms with Crippen molar-refractivity contribution in [3.8, 4) is 0 Å². The van der Waals surface area contributed by atoms with Gasteiger partial charge in [-0.15, -0.1) is 0 Å². The summed E-state index contributed by atoms with van der Waals surface area (Å²) in [6.45, 7) is 1.58. The van der Waals surface area contributed by atoms with Crippen LogP contribution in [0.4, 0.5) is 0 Å². The van der Waals surface area contributed by atoms with Crippen LogP contribution in [-0.2, 0) is 4.79 Å². The Hall–Kier alpha value is -1.76. The van der Waals surface area contributed by atoms with Gasteiger partial charge in [-0.1, -0.05) is 24.3 Å². The molecule has 0 spiro atoms. The third-order valence-corrected chi connectivity index (χ3v) is 3.32. The largest absolute Gasteiger partial charge is 0.316 e. The molecule has 0 saturated carbocycles. The van der Waals surface area contributed by atoms with Crippen molar-refractivity contribution in [3.05, 3.63) is 35.4 Å². The van der Waals surface area contributed by atoms with E-state index in [0.717, 1.165) is 6.29 Å². The minimum Gasteiger partial charge on any atom is -0.316 e. The van der Waals surface area contributed by atoms with Gasteiger partial charge in [0.25, 0.3) is 5.91 Å². The Morgan fingerprint density at radius 1 is 1.50 bits per heavy atom. The van der Waals surface area contributed by atoms with Gasteiger partial charge in [-0.3, -0.25) is 14.6 Å². The van der Waals surface area contributed by atoms with Crippen molar-refractivity contribution in [3.63, 3.8) is 0 Å². The van der Waals surface area contributed by atoms with Gasteiger partial charge in [-0.05, 0) is 12.5 Å². The van der Waals surface area contributed by atoms with Crippen molar-refractivity contribution in [2.24, 2.45) is 0 Å². The summed E-state index contributed by atoms with van der Waals surface area (Å²) in [6.07, 6.45) is 0.734. The van der Waals surface area contributed by atoms with E-state index >= 15 is 0 Å². The molecule has 1 aromatic carbocycles. The maximum atomic E-state index is 12.0. The molecule has 1 aromatic rings. The number of benzene rings is 1. The number of likely N-dealkylation sites (N-methyl/N-ethyl adjacent to an activating group) is 1. The molecular weight excluding hydrogens is 234 g/mol. The molecule has 0 aromatic heterocycles. The molecule has 6 heteroatoms. The second kappa shape index (κ2) is 4.49. The number of hydrogen-bond donors (Lipinski definition) is 3. The maximum Gasteiger partial charge on any atom is 0.260 e. The first-order valence-corrected chi connectivity index (χ1v) is 5.54. The number of carbonyl (C=O) groups excluding carboxylic acids is 2. The minimum absolute atomic E-state index is 0.296. The van der Waals surface area contributed by atoms with Crippen LogP contribution in [0.1, 0.15) is 28.9 Å². The van der Waals surface area contributed by atoms with Crippen LogP contribution in [0, 0.1) is 0 Å². The molecule has 2 atom stereocenters. The van der Waals surface area contributed by atoms with E-state index < -0.39 is 11.6 Å². The monoisotopic (exact) mass is 249 g/mol. The molecule has 2 unspecified atom stereocenters. The lowest BCUT2D eigenvalue weighted by atomic mass is 9.87. The second-order valence-electron chi connectivity index (χ2n) is 4.49. The molecule has 1 fully saturated rings. The van der Waals surface area contributed by atoms with Crippen LogP contribution in [0.2, 0.25) is 0 Å².